The van der Waals surface area contributed by atoms with E-state index in [1.807, 2.05) is 32.9 Å². The Balaban J connectivity index is 1.74. The summed E-state index contributed by atoms with van der Waals surface area (Å²) in [5.74, 6) is -0.575. The Bertz CT molecular complexity index is 1390. The number of nitrogens with one attached hydrogen (secondary N) is 1. The second-order valence-corrected chi connectivity index (χ2v) is 8.48. The normalized spacial score (nSPS) is 11.1. The number of anilines is 1. The average molecular weight is 488 g/mol. The van der Waals surface area contributed by atoms with E-state index in [1.165, 1.54) is 6.08 Å². The molecule has 0 bridgehead atoms. The maximum absolute atomic E-state index is 12.7. The fourth-order valence-electron chi connectivity index (χ4n) is 4.10. The topological polar surface area (TPSA) is 126 Å². The second-order valence-electron chi connectivity index (χ2n) is 8.48. The number of hydrogen-bond acceptors (Lipinski definition) is 6. The van der Waals surface area contributed by atoms with Gasteiger partial charge in [0.15, 0.2) is 6.61 Å². The summed E-state index contributed by atoms with van der Waals surface area (Å²) in [4.78, 5) is 25.2. The first-order valence-electron chi connectivity index (χ1n) is 11.6. The molecule has 0 fully saturated rings. The van der Waals surface area contributed by atoms with Crippen LogP contribution in [0.15, 0.2) is 34.5 Å². The van der Waals surface area contributed by atoms with Crippen LogP contribution in [0.5, 0.6) is 0 Å². The van der Waals surface area contributed by atoms with Crippen LogP contribution in [0.4, 0.5) is 5.82 Å². The molecule has 9 heteroatoms. The molecule has 1 amide bonds. The van der Waals surface area contributed by atoms with Crippen molar-refractivity contribution in [2.75, 3.05) is 11.9 Å². The lowest BCUT2D eigenvalue weighted by molar-refractivity contribution is -0.142. The number of furan rings is 1. The summed E-state index contributed by atoms with van der Waals surface area (Å²) in [7, 11) is 0. The lowest BCUT2D eigenvalue weighted by Crippen LogP contribution is -2.23. The van der Waals surface area contributed by atoms with E-state index in [1.54, 1.807) is 29.9 Å². The van der Waals surface area contributed by atoms with Crippen molar-refractivity contribution in [3.63, 3.8) is 0 Å². The van der Waals surface area contributed by atoms with Gasteiger partial charge in [-0.1, -0.05) is 6.92 Å². The van der Waals surface area contributed by atoms with E-state index in [-0.39, 0.29) is 5.57 Å². The number of amides is 1. The predicted molar refractivity (Wildman–Crippen MR) is 134 cm³/mol. The van der Waals surface area contributed by atoms with Crippen LogP contribution in [0.3, 0.4) is 0 Å². The Morgan fingerprint density at radius 1 is 1.17 bits per heavy atom. The first kappa shape index (κ1) is 26.1. The van der Waals surface area contributed by atoms with Gasteiger partial charge in [-0.25, -0.2) is 4.79 Å². The van der Waals surface area contributed by atoms with Gasteiger partial charge in [0.2, 0.25) is 0 Å². The third-order valence-electron chi connectivity index (χ3n) is 6.13. The number of hydrogen-bond donors (Lipinski definition) is 1. The third kappa shape index (κ3) is 5.42. The molecule has 0 saturated heterocycles. The molecule has 3 aromatic heterocycles. The number of aromatic nitrogens is 2. The largest absolute Gasteiger partial charge is 0.467 e. The highest BCUT2D eigenvalue weighted by atomic mass is 16.5. The van der Waals surface area contributed by atoms with Gasteiger partial charge in [-0.15, -0.1) is 0 Å². The molecule has 0 aromatic carbocycles. The van der Waals surface area contributed by atoms with E-state index in [4.69, 9.17) is 9.15 Å². The van der Waals surface area contributed by atoms with Gasteiger partial charge in [0.25, 0.3) is 5.91 Å². The minimum atomic E-state index is -0.896. The van der Waals surface area contributed by atoms with Crippen molar-refractivity contribution in [2.45, 2.75) is 54.1 Å². The van der Waals surface area contributed by atoms with E-state index in [0.717, 1.165) is 41.2 Å². The van der Waals surface area contributed by atoms with Gasteiger partial charge in [0.05, 0.1) is 18.4 Å². The average Bonchev–Trinajstić information content (AvgIpc) is 3.52. The van der Waals surface area contributed by atoms with Gasteiger partial charge in [-0.05, 0) is 69.5 Å². The van der Waals surface area contributed by atoms with Crippen LogP contribution in [0, 0.1) is 50.4 Å². The molecule has 3 heterocycles. The molecule has 0 spiro atoms. The number of nitrogens with zero attached hydrogens (tertiary/aromatic N) is 4. The maximum Gasteiger partial charge on any atom is 0.349 e. The number of rotatable bonds is 9. The zero-order valence-electron chi connectivity index (χ0n) is 21.1. The van der Waals surface area contributed by atoms with Crippen LogP contribution in [0.1, 0.15) is 52.9 Å². The van der Waals surface area contributed by atoms with Gasteiger partial charge >= 0.3 is 5.97 Å². The van der Waals surface area contributed by atoms with E-state index in [2.05, 4.69) is 22.9 Å². The van der Waals surface area contributed by atoms with Gasteiger partial charge in [-0.3, -0.25) is 4.79 Å². The zero-order valence-corrected chi connectivity index (χ0v) is 21.1. The van der Waals surface area contributed by atoms with Gasteiger partial charge in [0, 0.05) is 23.6 Å². The molecule has 1 N–H and O–H groups in total. The van der Waals surface area contributed by atoms with Crippen molar-refractivity contribution in [1.29, 1.82) is 10.5 Å². The maximum atomic E-state index is 12.7. The lowest BCUT2D eigenvalue weighted by Gasteiger charge is -2.12. The first-order chi connectivity index (χ1) is 17.2. The van der Waals surface area contributed by atoms with E-state index < -0.39 is 18.5 Å². The molecule has 0 aliphatic carbocycles. The molecule has 0 aliphatic rings. The van der Waals surface area contributed by atoms with Crippen molar-refractivity contribution in [1.82, 2.24) is 9.13 Å². The molecule has 0 saturated carbocycles. The minimum absolute atomic E-state index is 0.204. The monoisotopic (exact) mass is 487 g/mol. The minimum Gasteiger partial charge on any atom is -0.467 e. The van der Waals surface area contributed by atoms with Crippen molar-refractivity contribution >= 4 is 23.8 Å². The molecule has 9 nitrogen and oxygen atoms in total. The highest BCUT2D eigenvalue weighted by molar-refractivity contribution is 6.00. The Morgan fingerprint density at radius 3 is 2.53 bits per heavy atom. The van der Waals surface area contributed by atoms with E-state index >= 15 is 0 Å². The number of esters is 1. The summed E-state index contributed by atoms with van der Waals surface area (Å²) in [5.41, 5.74) is 4.36. The van der Waals surface area contributed by atoms with Gasteiger partial charge in [0.1, 0.15) is 29.3 Å². The van der Waals surface area contributed by atoms with Crippen LogP contribution in [0.2, 0.25) is 0 Å². The summed E-state index contributed by atoms with van der Waals surface area (Å²) in [6, 6.07) is 9.44. The number of aryl methyl sites for hydroxylation is 1. The third-order valence-corrected chi connectivity index (χ3v) is 6.13. The number of nitriles is 2. The lowest BCUT2D eigenvalue weighted by atomic mass is 10.1. The SMILES string of the molecule is CCCn1c(C)cc(C=C(C#N)C(=O)OCC(=O)Nc2c(C#N)c(C)c(C)n2Cc2ccco2)c1C. The number of carbonyl (C=O) groups is 2. The second kappa shape index (κ2) is 11.3. The van der Waals surface area contributed by atoms with Crippen LogP contribution in [-0.2, 0) is 27.4 Å². The quantitative estimate of drug-likeness (QED) is 0.268. The first-order valence-corrected chi connectivity index (χ1v) is 11.6. The number of ether oxygens (including phenoxy) is 1. The molecular formula is C27H29N5O4. The van der Waals surface area contributed by atoms with Gasteiger partial charge < -0.3 is 23.6 Å². The Hall–Kier alpha value is -4.50. The predicted octanol–water partition coefficient (Wildman–Crippen LogP) is 4.54. The number of carbonyl (C=O) groups excluding carboxylic acids is 2. The fraction of sp³-hybridized carbons (Fsp3) is 0.333. The summed E-state index contributed by atoms with van der Waals surface area (Å²) >= 11 is 0. The van der Waals surface area contributed by atoms with Crippen LogP contribution in [0.25, 0.3) is 6.08 Å². The zero-order chi connectivity index (χ0) is 26.4. The standard InChI is InChI=1S/C27H29N5O4/c1-6-9-31-17(2)11-21(20(31)5)12-22(13-28)27(34)36-16-25(33)30-26-24(14-29)18(3)19(4)32(26)15-23-8-7-10-35-23/h7-8,10-12H,6,9,15-16H2,1-5H3,(H,30,33). The van der Waals surface area contributed by atoms with E-state index in [9.17, 15) is 20.1 Å². The van der Waals surface area contributed by atoms with Crippen molar-refractivity contribution in [3.05, 3.63) is 69.6 Å². The molecule has 0 atom stereocenters. The van der Waals surface area contributed by atoms with Crippen molar-refractivity contribution < 1.29 is 18.7 Å². The molecule has 0 aliphatic heterocycles. The molecular weight excluding hydrogens is 458 g/mol. The molecule has 0 radical (unpaired) electrons. The summed E-state index contributed by atoms with van der Waals surface area (Å²) in [5, 5.41) is 21.8. The molecule has 0 unspecified atom stereocenters. The van der Waals surface area contributed by atoms with E-state index in [0.29, 0.717) is 23.7 Å². The molecule has 36 heavy (non-hydrogen) atoms. The Morgan fingerprint density at radius 2 is 1.92 bits per heavy atom. The highest BCUT2D eigenvalue weighted by Crippen LogP contribution is 2.27. The van der Waals surface area contributed by atoms with Crippen molar-refractivity contribution in [2.24, 2.45) is 0 Å². The highest BCUT2D eigenvalue weighted by Gasteiger charge is 2.22. The van der Waals surface area contributed by atoms with Crippen molar-refractivity contribution in [3.8, 4) is 12.1 Å². The fourth-order valence-corrected chi connectivity index (χ4v) is 4.10. The molecule has 3 rings (SSSR count). The van der Waals surface area contributed by atoms with Crippen LogP contribution < -0.4 is 5.32 Å². The van der Waals surface area contributed by atoms with Crippen LogP contribution >= 0.6 is 0 Å². The molecule has 186 valence electrons. The Labute approximate surface area is 210 Å². The summed E-state index contributed by atoms with van der Waals surface area (Å²) in [6.07, 6.45) is 3.98. The summed E-state index contributed by atoms with van der Waals surface area (Å²) in [6.45, 7) is 10.2. The summed E-state index contributed by atoms with van der Waals surface area (Å²) < 4.78 is 14.4. The smallest absolute Gasteiger partial charge is 0.349 e. The van der Waals surface area contributed by atoms with Gasteiger partial charge in [-0.2, -0.15) is 10.5 Å². The molecule has 3 aromatic rings. The Kier molecular flexibility index (Phi) is 8.18. The van der Waals surface area contributed by atoms with Crippen LogP contribution in [-0.4, -0.2) is 27.6 Å².